The molecule has 0 spiro atoms. The van der Waals surface area contributed by atoms with Gasteiger partial charge in [0.2, 0.25) is 0 Å². The zero-order valence-electron chi connectivity index (χ0n) is 10.4. The van der Waals surface area contributed by atoms with Gasteiger partial charge in [0, 0.05) is 25.3 Å². The minimum Gasteiger partial charge on any atom is -0.370 e. The van der Waals surface area contributed by atoms with Gasteiger partial charge in [-0.1, -0.05) is 24.6 Å². The largest absolute Gasteiger partial charge is 0.370 e. The lowest BCUT2D eigenvalue weighted by atomic mass is 10.2. The SMILES string of the molecule is CCN1CCCN(c2ccc(C)cc2)CC1. The lowest BCUT2D eigenvalue weighted by molar-refractivity contribution is 0.310. The van der Waals surface area contributed by atoms with Crippen LogP contribution in [0.4, 0.5) is 5.69 Å². The number of hydrogen-bond donors (Lipinski definition) is 0. The third-order valence-electron chi connectivity index (χ3n) is 3.43. The molecule has 2 rings (SSSR count). The number of rotatable bonds is 2. The third-order valence-corrected chi connectivity index (χ3v) is 3.43. The smallest absolute Gasteiger partial charge is 0.0366 e. The van der Waals surface area contributed by atoms with E-state index in [4.69, 9.17) is 0 Å². The fraction of sp³-hybridized carbons (Fsp3) is 0.571. The molecule has 0 unspecified atom stereocenters. The zero-order chi connectivity index (χ0) is 11.4. The highest BCUT2D eigenvalue weighted by atomic mass is 15.2. The third kappa shape index (κ3) is 2.76. The Hall–Kier alpha value is -1.02. The van der Waals surface area contributed by atoms with Crippen molar-refractivity contribution in [2.75, 3.05) is 37.6 Å². The van der Waals surface area contributed by atoms with Crippen LogP contribution in [-0.4, -0.2) is 37.6 Å². The fourth-order valence-electron chi connectivity index (χ4n) is 2.30. The fourth-order valence-corrected chi connectivity index (χ4v) is 2.30. The van der Waals surface area contributed by atoms with E-state index in [0.29, 0.717) is 0 Å². The molecule has 1 aliphatic heterocycles. The molecular formula is C14H22N2. The van der Waals surface area contributed by atoms with Gasteiger partial charge in [0.1, 0.15) is 0 Å². The van der Waals surface area contributed by atoms with Gasteiger partial charge in [0.15, 0.2) is 0 Å². The zero-order valence-corrected chi connectivity index (χ0v) is 10.4. The highest BCUT2D eigenvalue weighted by Gasteiger charge is 2.13. The van der Waals surface area contributed by atoms with Crippen LogP contribution in [0, 0.1) is 6.92 Å². The van der Waals surface area contributed by atoms with Crippen molar-refractivity contribution >= 4 is 5.69 Å². The molecule has 0 amide bonds. The maximum Gasteiger partial charge on any atom is 0.0366 e. The number of likely N-dealkylation sites (N-methyl/N-ethyl adjacent to an activating group) is 1. The van der Waals surface area contributed by atoms with E-state index in [1.807, 2.05) is 0 Å². The van der Waals surface area contributed by atoms with Crippen molar-refractivity contribution in [3.8, 4) is 0 Å². The second-order valence-corrected chi connectivity index (χ2v) is 4.61. The van der Waals surface area contributed by atoms with Gasteiger partial charge < -0.3 is 9.80 Å². The van der Waals surface area contributed by atoms with Gasteiger partial charge in [-0.25, -0.2) is 0 Å². The van der Waals surface area contributed by atoms with Crippen molar-refractivity contribution in [3.05, 3.63) is 29.8 Å². The first-order chi connectivity index (χ1) is 7.79. The van der Waals surface area contributed by atoms with Gasteiger partial charge in [-0.15, -0.1) is 0 Å². The summed E-state index contributed by atoms with van der Waals surface area (Å²) in [7, 11) is 0. The van der Waals surface area contributed by atoms with Crippen LogP contribution >= 0.6 is 0 Å². The summed E-state index contributed by atoms with van der Waals surface area (Å²) in [5.74, 6) is 0. The van der Waals surface area contributed by atoms with Gasteiger partial charge in [0.05, 0.1) is 0 Å². The van der Waals surface area contributed by atoms with Crippen molar-refractivity contribution in [2.24, 2.45) is 0 Å². The van der Waals surface area contributed by atoms with E-state index in [1.165, 1.54) is 43.9 Å². The first-order valence-electron chi connectivity index (χ1n) is 6.33. The summed E-state index contributed by atoms with van der Waals surface area (Å²) in [4.78, 5) is 5.04. The van der Waals surface area contributed by atoms with Crippen LogP contribution in [-0.2, 0) is 0 Å². The van der Waals surface area contributed by atoms with Crippen molar-refractivity contribution in [3.63, 3.8) is 0 Å². The van der Waals surface area contributed by atoms with E-state index in [-0.39, 0.29) is 0 Å². The first-order valence-corrected chi connectivity index (χ1v) is 6.33. The number of hydrogen-bond acceptors (Lipinski definition) is 2. The van der Waals surface area contributed by atoms with Crippen LogP contribution in [0.2, 0.25) is 0 Å². The Labute approximate surface area is 98.9 Å². The van der Waals surface area contributed by atoms with Crippen LogP contribution in [0.15, 0.2) is 24.3 Å². The molecule has 0 N–H and O–H groups in total. The average Bonchev–Trinajstić information content (AvgIpc) is 2.55. The second kappa shape index (κ2) is 5.35. The molecule has 1 saturated heterocycles. The van der Waals surface area contributed by atoms with E-state index < -0.39 is 0 Å². The van der Waals surface area contributed by atoms with Crippen LogP contribution in [0.1, 0.15) is 18.9 Å². The maximum absolute atomic E-state index is 2.54. The molecule has 88 valence electrons. The van der Waals surface area contributed by atoms with Crippen molar-refractivity contribution in [1.29, 1.82) is 0 Å². The summed E-state index contributed by atoms with van der Waals surface area (Å²) >= 11 is 0. The molecule has 0 atom stereocenters. The second-order valence-electron chi connectivity index (χ2n) is 4.61. The molecule has 1 aliphatic rings. The van der Waals surface area contributed by atoms with E-state index in [0.717, 1.165) is 6.54 Å². The van der Waals surface area contributed by atoms with E-state index in [1.54, 1.807) is 0 Å². The quantitative estimate of drug-likeness (QED) is 0.752. The summed E-state index contributed by atoms with van der Waals surface area (Å²) in [6.45, 7) is 10.4. The lowest BCUT2D eigenvalue weighted by Crippen LogP contribution is -2.30. The van der Waals surface area contributed by atoms with Crippen molar-refractivity contribution in [1.82, 2.24) is 4.90 Å². The van der Waals surface area contributed by atoms with Crippen molar-refractivity contribution in [2.45, 2.75) is 20.3 Å². The Morgan fingerprint density at radius 1 is 1.00 bits per heavy atom. The molecular weight excluding hydrogens is 196 g/mol. The highest BCUT2D eigenvalue weighted by Crippen LogP contribution is 2.17. The Morgan fingerprint density at radius 2 is 1.75 bits per heavy atom. The number of anilines is 1. The molecule has 0 saturated carbocycles. The molecule has 0 aromatic heterocycles. The summed E-state index contributed by atoms with van der Waals surface area (Å²) in [5.41, 5.74) is 2.72. The lowest BCUT2D eigenvalue weighted by Gasteiger charge is -2.23. The molecule has 1 heterocycles. The summed E-state index contributed by atoms with van der Waals surface area (Å²) in [5, 5.41) is 0. The van der Waals surface area contributed by atoms with Crippen LogP contribution < -0.4 is 4.90 Å². The molecule has 0 radical (unpaired) electrons. The normalized spacial score (nSPS) is 18.5. The summed E-state index contributed by atoms with van der Waals surface area (Å²) in [6, 6.07) is 8.91. The van der Waals surface area contributed by atoms with E-state index in [9.17, 15) is 0 Å². The van der Waals surface area contributed by atoms with Crippen LogP contribution in [0.3, 0.4) is 0 Å². The minimum atomic E-state index is 1.16. The van der Waals surface area contributed by atoms with E-state index in [2.05, 4.69) is 47.9 Å². The standard InChI is InChI=1S/C14H22N2/c1-3-15-9-4-10-16(12-11-15)14-7-5-13(2)6-8-14/h5-8H,3-4,9-12H2,1-2H3. The van der Waals surface area contributed by atoms with Crippen LogP contribution in [0.5, 0.6) is 0 Å². The Morgan fingerprint density at radius 3 is 2.44 bits per heavy atom. The molecule has 2 heteroatoms. The Kier molecular flexibility index (Phi) is 3.83. The van der Waals surface area contributed by atoms with Crippen molar-refractivity contribution < 1.29 is 0 Å². The minimum absolute atomic E-state index is 1.16. The molecule has 2 nitrogen and oxygen atoms in total. The van der Waals surface area contributed by atoms with Gasteiger partial charge >= 0.3 is 0 Å². The maximum atomic E-state index is 2.54. The summed E-state index contributed by atoms with van der Waals surface area (Å²) < 4.78 is 0. The van der Waals surface area contributed by atoms with Gasteiger partial charge in [-0.05, 0) is 38.6 Å². The molecule has 0 bridgehead atoms. The van der Waals surface area contributed by atoms with E-state index >= 15 is 0 Å². The number of aryl methyl sites for hydroxylation is 1. The number of nitrogens with zero attached hydrogens (tertiary/aromatic N) is 2. The first kappa shape index (κ1) is 11.5. The molecule has 1 aromatic carbocycles. The molecule has 1 fully saturated rings. The predicted molar refractivity (Wildman–Crippen MR) is 70.1 cm³/mol. The Bertz CT molecular complexity index is 318. The topological polar surface area (TPSA) is 6.48 Å². The molecule has 0 aliphatic carbocycles. The molecule has 16 heavy (non-hydrogen) atoms. The highest BCUT2D eigenvalue weighted by molar-refractivity contribution is 5.47. The van der Waals surface area contributed by atoms with Crippen LogP contribution in [0.25, 0.3) is 0 Å². The predicted octanol–water partition coefficient (Wildman–Crippen LogP) is 2.53. The number of benzene rings is 1. The van der Waals surface area contributed by atoms with Gasteiger partial charge in [-0.2, -0.15) is 0 Å². The Balaban J connectivity index is 2.02. The average molecular weight is 218 g/mol. The monoisotopic (exact) mass is 218 g/mol. The van der Waals surface area contributed by atoms with Gasteiger partial charge in [-0.3, -0.25) is 0 Å². The molecule has 1 aromatic rings. The summed E-state index contributed by atoms with van der Waals surface area (Å²) in [6.07, 6.45) is 1.28. The van der Waals surface area contributed by atoms with Gasteiger partial charge in [0.25, 0.3) is 0 Å².